The average Bonchev–Trinajstić information content (AvgIpc) is 2.58. The van der Waals surface area contributed by atoms with Crippen LogP contribution in [0.2, 0.25) is 0 Å². The molecule has 19 heavy (non-hydrogen) atoms. The number of aryl methyl sites for hydroxylation is 2. The van der Waals surface area contributed by atoms with Gasteiger partial charge in [-0.15, -0.1) is 0 Å². The molecule has 0 amide bonds. The Morgan fingerprint density at radius 1 is 0.737 bits per heavy atom. The van der Waals surface area contributed by atoms with Gasteiger partial charge in [-0.05, 0) is 79.1 Å². The lowest BCUT2D eigenvalue weighted by molar-refractivity contribution is 0.854. The van der Waals surface area contributed by atoms with Crippen molar-refractivity contribution in [3.63, 3.8) is 0 Å². The Kier molecular flexibility index (Phi) is 2.62. The van der Waals surface area contributed by atoms with Crippen molar-refractivity contribution in [1.29, 1.82) is 0 Å². The average molecular weight is 268 g/mol. The number of rotatable bonds is 0. The highest BCUT2D eigenvalue weighted by atomic mass is 32.1. The molecule has 1 aliphatic carbocycles. The van der Waals surface area contributed by atoms with Gasteiger partial charge in [0, 0.05) is 0 Å². The minimum Gasteiger partial charge on any atom is -0.163 e. The zero-order valence-electron chi connectivity index (χ0n) is 12.3. The van der Waals surface area contributed by atoms with Gasteiger partial charge in [-0.2, -0.15) is 12.6 Å². The molecule has 0 unspecified atom stereocenters. The number of hydrogen-bond acceptors (Lipinski definition) is 1. The lowest BCUT2D eigenvalue weighted by Gasteiger charge is -2.25. The summed E-state index contributed by atoms with van der Waals surface area (Å²) in [6.45, 7) is 11.0. The van der Waals surface area contributed by atoms with Gasteiger partial charge in [-0.1, -0.05) is 24.3 Å². The third kappa shape index (κ3) is 1.54. The highest BCUT2D eigenvalue weighted by molar-refractivity contribution is 7.81. The Hall–Kier alpha value is -1.21. The Morgan fingerprint density at radius 2 is 1.11 bits per heavy atom. The summed E-state index contributed by atoms with van der Waals surface area (Å²) in [6, 6.07) is 8.96. The van der Waals surface area contributed by atoms with E-state index in [1.807, 2.05) is 0 Å². The molecule has 0 N–H and O–H groups in total. The molecule has 0 aromatic heterocycles. The van der Waals surface area contributed by atoms with Crippen LogP contribution in [-0.4, -0.2) is 0 Å². The van der Waals surface area contributed by atoms with Crippen molar-refractivity contribution in [2.45, 2.75) is 39.4 Å². The van der Waals surface area contributed by atoms with Crippen molar-refractivity contribution in [3.05, 3.63) is 57.6 Å². The molecule has 0 radical (unpaired) electrons. The summed E-state index contributed by atoms with van der Waals surface area (Å²) in [5, 5.41) is 0. The van der Waals surface area contributed by atoms with Crippen molar-refractivity contribution in [1.82, 2.24) is 0 Å². The van der Waals surface area contributed by atoms with Gasteiger partial charge in [0.2, 0.25) is 0 Å². The van der Waals surface area contributed by atoms with Gasteiger partial charge < -0.3 is 0 Å². The molecule has 0 fully saturated rings. The zero-order valence-corrected chi connectivity index (χ0v) is 13.2. The largest absolute Gasteiger partial charge is 0.163 e. The lowest BCUT2D eigenvalue weighted by atomic mass is 9.89. The van der Waals surface area contributed by atoms with Crippen LogP contribution in [0.4, 0.5) is 0 Å². The van der Waals surface area contributed by atoms with E-state index in [0.717, 1.165) is 0 Å². The smallest absolute Gasteiger partial charge is 0.0616 e. The summed E-state index contributed by atoms with van der Waals surface area (Å²) in [7, 11) is 0. The predicted molar refractivity (Wildman–Crippen MR) is 86.3 cm³/mol. The van der Waals surface area contributed by atoms with Crippen LogP contribution in [0.15, 0.2) is 24.3 Å². The van der Waals surface area contributed by atoms with Crippen LogP contribution in [-0.2, 0) is 4.75 Å². The maximum atomic E-state index is 5.04. The van der Waals surface area contributed by atoms with Crippen molar-refractivity contribution >= 4 is 12.6 Å². The van der Waals surface area contributed by atoms with E-state index in [1.165, 1.54) is 44.5 Å². The topological polar surface area (TPSA) is 0 Å². The van der Waals surface area contributed by atoms with Gasteiger partial charge in [-0.25, -0.2) is 0 Å². The molecule has 2 aromatic rings. The Morgan fingerprint density at radius 3 is 1.47 bits per heavy atom. The SMILES string of the molecule is Cc1ccc2c(c1C)C(C)(S)c1c-2ccc(C)c1C. The predicted octanol–water partition coefficient (Wildman–Crippen LogP) is 5.09. The first kappa shape index (κ1) is 12.8. The molecule has 0 heterocycles. The van der Waals surface area contributed by atoms with Crippen molar-refractivity contribution in [3.8, 4) is 11.1 Å². The third-order valence-electron chi connectivity index (χ3n) is 4.74. The summed E-state index contributed by atoms with van der Waals surface area (Å²) in [5.74, 6) is 0. The lowest BCUT2D eigenvalue weighted by Crippen LogP contribution is -2.15. The molecule has 2 aromatic carbocycles. The van der Waals surface area contributed by atoms with Gasteiger partial charge in [0.05, 0.1) is 4.75 Å². The highest BCUT2D eigenvalue weighted by Gasteiger charge is 2.39. The Balaban J connectivity index is 2.46. The van der Waals surface area contributed by atoms with E-state index in [4.69, 9.17) is 12.6 Å². The maximum absolute atomic E-state index is 5.04. The molecule has 0 saturated heterocycles. The fourth-order valence-electron chi connectivity index (χ4n) is 3.46. The second-order valence-electron chi connectivity index (χ2n) is 5.93. The van der Waals surface area contributed by atoms with E-state index in [2.05, 4.69) is 58.9 Å². The molecular formula is C18H20S. The van der Waals surface area contributed by atoms with Gasteiger partial charge >= 0.3 is 0 Å². The van der Waals surface area contributed by atoms with Crippen LogP contribution in [0.1, 0.15) is 40.3 Å². The summed E-state index contributed by atoms with van der Waals surface area (Å²) in [6.07, 6.45) is 0. The summed E-state index contributed by atoms with van der Waals surface area (Å²) < 4.78 is -0.184. The monoisotopic (exact) mass is 268 g/mol. The van der Waals surface area contributed by atoms with E-state index in [9.17, 15) is 0 Å². The van der Waals surface area contributed by atoms with Gasteiger partial charge in [0.25, 0.3) is 0 Å². The molecule has 3 rings (SSSR count). The van der Waals surface area contributed by atoms with E-state index in [1.54, 1.807) is 0 Å². The zero-order chi connectivity index (χ0) is 13.9. The van der Waals surface area contributed by atoms with Gasteiger partial charge in [0.1, 0.15) is 0 Å². The van der Waals surface area contributed by atoms with Crippen LogP contribution >= 0.6 is 12.6 Å². The van der Waals surface area contributed by atoms with E-state index >= 15 is 0 Å². The maximum Gasteiger partial charge on any atom is 0.0616 e. The van der Waals surface area contributed by atoms with Crippen LogP contribution < -0.4 is 0 Å². The molecule has 0 aliphatic heterocycles. The molecule has 0 atom stereocenters. The van der Waals surface area contributed by atoms with E-state index in [-0.39, 0.29) is 4.75 Å². The molecule has 0 bridgehead atoms. The number of hydrogen-bond donors (Lipinski definition) is 1. The molecule has 0 saturated carbocycles. The fourth-order valence-corrected chi connectivity index (χ4v) is 4.04. The van der Waals surface area contributed by atoms with Crippen molar-refractivity contribution in [2.24, 2.45) is 0 Å². The Bertz CT molecular complexity index is 634. The standard InChI is InChI=1S/C18H20S/c1-10-6-8-14-15-9-7-11(2)13(4)17(15)18(5,19)16(14)12(10)3/h6-9,19H,1-5H3. The summed E-state index contributed by atoms with van der Waals surface area (Å²) >= 11 is 5.04. The summed E-state index contributed by atoms with van der Waals surface area (Å²) in [4.78, 5) is 0. The van der Waals surface area contributed by atoms with Crippen LogP contribution in [0.5, 0.6) is 0 Å². The quantitative estimate of drug-likeness (QED) is 0.632. The first-order chi connectivity index (χ1) is 8.85. The highest BCUT2D eigenvalue weighted by Crippen LogP contribution is 2.54. The van der Waals surface area contributed by atoms with Crippen LogP contribution in [0.25, 0.3) is 11.1 Å². The second-order valence-corrected chi connectivity index (χ2v) is 6.83. The third-order valence-corrected chi connectivity index (χ3v) is 5.18. The second kappa shape index (κ2) is 3.89. The molecule has 1 aliphatic rings. The van der Waals surface area contributed by atoms with E-state index in [0.29, 0.717) is 0 Å². The molecule has 1 heteroatoms. The molecule has 0 spiro atoms. The minimum absolute atomic E-state index is 0.184. The first-order valence-electron chi connectivity index (χ1n) is 6.79. The van der Waals surface area contributed by atoms with Gasteiger partial charge in [-0.3, -0.25) is 0 Å². The van der Waals surface area contributed by atoms with Gasteiger partial charge in [0.15, 0.2) is 0 Å². The van der Waals surface area contributed by atoms with E-state index < -0.39 is 0 Å². The minimum atomic E-state index is -0.184. The number of fused-ring (bicyclic) bond motifs is 3. The molecule has 0 nitrogen and oxygen atoms in total. The van der Waals surface area contributed by atoms with Crippen molar-refractivity contribution in [2.75, 3.05) is 0 Å². The molecular weight excluding hydrogens is 248 g/mol. The van der Waals surface area contributed by atoms with Crippen LogP contribution in [0.3, 0.4) is 0 Å². The fraction of sp³-hybridized carbons (Fsp3) is 0.333. The summed E-state index contributed by atoms with van der Waals surface area (Å²) in [5.41, 5.74) is 10.9. The normalized spacial score (nSPS) is 15.3. The van der Waals surface area contributed by atoms with Crippen LogP contribution in [0, 0.1) is 27.7 Å². The molecule has 98 valence electrons. The number of thiol groups is 1. The first-order valence-corrected chi connectivity index (χ1v) is 7.24. The Labute approximate surface area is 121 Å². The van der Waals surface area contributed by atoms with Crippen molar-refractivity contribution < 1.29 is 0 Å². The number of benzene rings is 2.